The number of benzene rings is 1. The smallest absolute Gasteiger partial charge is 0.326 e. The highest BCUT2D eigenvalue weighted by Gasteiger charge is 2.38. The number of aliphatic carboxylic acids is 1. The molecule has 1 saturated heterocycles. The highest BCUT2D eigenvalue weighted by Crippen LogP contribution is 2.35. The molecule has 8 heteroatoms. The first-order valence-corrected chi connectivity index (χ1v) is 9.24. The van der Waals surface area contributed by atoms with Gasteiger partial charge < -0.3 is 9.52 Å². The number of thioether (sulfide) groups is 1. The summed E-state index contributed by atoms with van der Waals surface area (Å²) >= 11 is 9.58. The van der Waals surface area contributed by atoms with Gasteiger partial charge in [-0.3, -0.25) is 9.69 Å². The summed E-state index contributed by atoms with van der Waals surface area (Å²) in [6, 6.07) is 10.2. The lowest BCUT2D eigenvalue weighted by molar-refractivity contribution is -0.144. The number of hydrogen-bond acceptors (Lipinski definition) is 5. The number of carboxylic acids is 1. The molecule has 128 valence electrons. The second-order valence-corrected chi connectivity index (χ2v) is 7.87. The number of thiocarbonyl (C=S) groups is 1. The molecule has 0 saturated carbocycles. The molecule has 1 aliphatic heterocycles. The van der Waals surface area contributed by atoms with E-state index in [0.717, 1.165) is 26.7 Å². The lowest BCUT2D eigenvalue weighted by atomic mass is 10.2. The van der Waals surface area contributed by atoms with Crippen molar-refractivity contribution < 1.29 is 19.1 Å². The molecule has 0 aliphatic carbocycles. The summed E-state index contributed by atoms with van der Waals surface area (Å²) in [6.07, 6.45) is 1.58. The average molecular weight is 438 g/mol. The van der Waals surface area contributed by atoms with E-state index in [9.17, 15) is 9.59 Å². The molecule has 1 aromatic carbocycles. The van der Waals surface area contributed by atoms with Crippen molar-refractivity contribution in [2.24, 2.45) is 0 Å². The molecule has 2 aromatic rings. The van der Waals surface area contributed by atoms with Gasteiger partial charge in [0, 0.05) is 16.1 Å². The minimum Gasteiger partial charge on any atom is -0.480 e. The van der Waals surface area contributed by atoms with Crippen molar-refractivity contribution in [3.05, 3.63) is 51.5 Å². The fourth-order valence-corrected chi connectivity index (χ4v) is 3.92. The van der Waals surface area contributed by atoms with Crippen molar-refractivity contribution in [1.82, 2.24) is 4.90 Å². The Kier molecular flexibility index (Phi) is 5.12. The van der Waals surface area contributed by atoms with Gasteiger partial charge in [-0.15, -0.1) is 0 Å². The molecule has 1 unspecified atom stereocenters. The van der Waals surface area contributed by atoms with Gasteiger partial charge in [0.15, 0.2) is 0 Å². The standard InChI is InChI=1S/C17H12BrNO4S2/c1-9(16(21)22)19-15(20)14(25-17(19)24)8-12-6-7-13(23-12)10-2-4-11(18)5-3-10/h2-9H,1H3,(H,21,22). The zero-order valence-electron chi connectivity index (χ0n) is 12.9. The summed E-state index contributed by atoms with van der Waals surface area (Å²) < 4.78 is 6.96. The van der Waals surface area contributed by atoms with E-state index in [-0.39, 0.29) is 4.32 Å². The number of carbonyl (C=O) groups excluding carboxylic acids is 1. The fourth-order valence-electron chi connectivity index (χ4n) is 2.25. The first-order valence-electron chi connectivity index (χ1n) is 7.22. The van der Waals surface area contributed by atoms with Crippen LogP contribution in [0, 0.1) is 0 Å². The fraction of sp³-hybridized carbons (Fsp3) is 0.118. The molecule has 1 aromatic heterocycles. The van der Waals surface area contributed by atoms with Crippen LogP contribution in [0.1, 0.15) is 12.7 Å². The average Bonchev–Trinajstić information content (AvgIpc) is 3.13. The van der Waals surface area contributed by atoms with Crippen molar-refractivity contribution in [1.29, 1.82) is 0 Å². The van der Waals surface area contributed by atoms with Gasteiger partial charge >= 0.3 is 5.97 Å². The molecule has 0 bridgehead atoms. The molecule has 25 heavy (non-hydrogen) atoms. The minimum absolute atomic E-state index is 0.228. The molecule has 0 radical (unpaired) electrons. The van der Waals surface area contributed by atoms with Gasteiger partial charge in [0.05, 0.1) is 4.91 Å². The first kappa shape index (κ1) is 17.9. The van der Waals surface area contributed by atoms with Crippen molar-refractivity contribution in [3.8, 4) is 11.3 Å². The summed E-state index contributed by atoms with van der Waals surface area (Å²) in [5, 5.41) is 9.10. The summed E-state index contributed by atoms with van der Waals surface area (Å²) in [4.78, 5) is 25.0. The van der Waals surface area contributed by atoms with Gasteiger partial charge in [0.25, 0.3) is 5.91 Å². The molecular weight excluding hydrogens is 426 g/mol. The van der Waals surface area contributed by atoms with E-state index in [2.05, 4.69) is 15.9 Å². The molecule has 5 nitrogen and oxygen atoms in total. The van der Waals surface area contributed by atoms with E-state index in [4.69, 9.17) is 21.7 Å². The third kappa shape index (κ3) is 3.70. The van der Waals surface area contributed by atoms with Crippen molar-refractivity contribution >= 4 is 62.2 Å². The van der Waals surface area contributed by atoms with Crippen LogP contribution in [0.3, 0.4) is 0 Å². The van der Waals surface area contributed by atoms with Crippen molar-refractivity contribution in [2.45, 2.75) is 13.0 Å². The maximum Gasteiger partial charge on any atom is 0.326 e. The Morgan fingerprint density at radius 1 is 1.32 bits per heavy atom. The molecule has 2 heterocycles. The Balaban J connectivity index is 1.84. The zero-order chi connectivity index (χ0) is 18.1. The predicted molar refractivity (Wildman–Crippen MR) is 104 cm³/mol. The Hall–Kier alpha value is -1.90. The first-order chi connectivity index (χ1) is 11.9. The highest BCUT2D eigenvalue weighted by molar-refractivity contribution is 9.10. The predicted octanol–water partition coefficient (Wildman–Crippen LogP) is 4.38. The lowest BCUT2D eigenvalue weighted by Gasteiger charge is -2.18. The molecule has 1 fully saturated rings. The van der Waals surface area contributed by atoms with E-state index in [0.29, 0.717) is 16.4 Å². The van der Waals surface area contributed by atoms with Gasteiger partial charge in [-0.1, -0.05) is 52.0 Å². The number of rotatable bonds is 4. The number of nitrogens with zero attached hydrogens (tertiary/aromatic N) is 1. The normalized spacial score (nSPS) is 17.4. The Morgan fingerprint density at radius 2 is 2.00 bits per heavy atom. The van der Waals surface area contributed by atoms with Gasteiger partial charge in [0.1, 0.15) is 21.9 Å². The molecule has 1 aliphatic rings. The summed E-state index contributed by atoms with van der Waals surface area (Å²) in [5.74, 6) is -0.353. The molecule has 3 rings (SSSR count). The summed E-state index contributed by atoms with van der Waals surface area (Å²) in [7, 11) is 0. The number of carbonyl (C=O) groups is 2. The quantitative estimate of drug-likeness (QED) is 0.564. The molecular formula is C17H12BrNO4S2. The van der Waals surface area contributed by atoms with Crippen LogP contribution in [0.4, 0.5) is 0 Å². The van der Waals surface area contributed by atoms with Crippen molar-refractivity contribution in [2.75, 3.05) is 0 Å². The van der Waals surface area contributed by atoms with E-state index < -0.39 is 17.9 Å². The number of hydrogen-bond donors (Lipinski definition) is 1. The van der Waals surface area contributed by atoms with Crippen LogP contribution in [-0.2, 0) is 9.59 Å². The monoisotopic (exact) mass is 437 g/mol. The van der Waals surface area contributed by atoms with Crippen molar-refractivity contribution in [3.63, 3.8) is 0 Å². The van der Waals surface area contributed by atoms with Crippen LogP contribution in [0.15, 0.2) is 50.2 Å². The van der Waals surface area contributed by atoms with Crippen LogP contribution in [0.2, 0.25) is 0 Å². The molecule has 1 atom stereocenters. The van der Waals surface area contributed by atoms with Gasteiger partial charge in [-0.2, -0.15) is 0 Å². The van der Waals surface area contributed by atoms with Gasteiger partial charge in [-0.05, 0) is 31.2 Å². The largest absolute Gasteiger partial charge is 0.480 e. The molecule has 1 N–H and O–H groups in total. The maximum atomic E-state index is 12.4. The Morgan fingerprint density at radius 3 is 2.64 bits per heavy atom. The zero-order valence-corrected chi connectivity index (χ0v) is 16.2. The SMILES string of the molecule is CC(C(=O)O)N1C(=O)C(=Cc2ccc(-c3ccc(Br)cc3)o2)SC1=S. The van der Waals surface area contributed by atoms with Crippen LogP contribution in [0.25, 0.3) is 17.4 Å². The van der Waals surface area contributed by atoms with Gasteiger partial charge in [-0.25, -0.2) is 4.79 Å². The summed E-state index contributed by atoms with van der Waals surface area (Å²) in [5.41, 5.74) is 0.912. The summed E-state index contributed by atoms with van der Waals surface area (Å²) in [6.45, 7) is 1.43. The number of halogens is 1. The lowest BCUT2D eigenvalue weighted by Crippen LogP contribution is -2.41. The van der Waals surface area contributed by atoms with Crippen LogP contribution in [-0.4, -0.2) is 32.2 Å². The van der Waals surface area contributed by atoms with Gasteiger partial charge in [0.2, 0.25) is 0 Å². The number of carboxylic acid groups (broad SMARTS) is 1. The molecule has 0 spiro atoms. The second-order valence-electron chi connectivity index (χ2n) is 5.27. The third-order valence-corrected chi connectivity index (χ3v) is 5.46. The number of amides is 1. The third-order valence-electron chi connectivity index (χ3n) is 3.60. The Labute approximate surface area is 161 Å². The minimum atomic E-state index is -1.10. The van der Waals surface area contributed by atoms with Crippen LogP contribution >= 0.6 is 39.9 Å². The van der Waals surface area contributed by atoms with E-state index in [1.807, 2.05) is 30.3 Å². The van der Waals surface area contributed by atoms with Crippen LogP contribution < -0.4 is 0 Å². The molecule has 1 amide bonds. The highest BCUT2D eigenvalue weighted by atomic mass is 79.9. The topological polar surface area (TPSA) is 70.8 Å². The van der Waals surface area contributed by atoms with E-state index in [1.54, 1.807) is 12.1 Å². The second kappa shape index (κ2) is 7.15. The van der Waals surface area contributed by atoms with Crippen LogP contribution in [0.5, 0.6) is 0 Å². The number of furan rings is 1. The van der Waals surface area contributed by atoms with E-state index >= 15 is 0 Å². The Bertz CT molecular complexity index is 888. The maximum absolute atomic E-state index is 12.4. The van der Waals surface area contributed by atoms with E-state index in [1.165, 1.54) is 6.92 Å².